The molecule has 0 spiro atoms. The van der Waals surface area contributed by atoms with E-state index in [1.54, 1.807) is 11.3 Å². The fourth-order valence-corrected chi connectivity index (χ4v) is 5.24. The third kappa shape index (κ3) is 4.56. The highest BCUT2D eigenvalue weighted by Gasteiger charge is 2.19. The van der Waals surface area contributed by atoms with Gasteiger partial charge < -0.3 is 15.0 Å². The van der Waals surface area contributed by atoms with Gasteiger partial charge in [-0.3, -0.25) is 9.59 Å². The van der Waals surface area contributed by atoms with Gasteiger partial charge in [0.2, 0.25) is 5.91 Å². The summed E-state index contributed by atoms with van der Waals surface area (Å²) >= 11 is 1.64. The second-order valence-corrected chi connectivity index (χ2v) is 8.66. The van der Waals surface area contributed by atoms with Crippen molar-refractivity contribution in [3.05, 3.63) is 56.4 Å². The van der Waals surface area contributed by atoms with Crippen LogP contribution in [0.1, 0.15) is 54.4 Å². The fourth-order valence-electron chi connectivity index (χ4n) is 3.96. The number of fused-ring (bicyclic) bond motifs is 3. The van der Waals surface area contributed by atoms with Gasteiger partial charge in [0.25, 0.3) is 5.56 Å². The fraction of sp³-hybridized carbons (Fsp3) is 0.435. The number of thiophene rings is 1. The minimum Gasteiger partial charge on any atom is -0.494 e. The third-order valence-corrected chi connectivity index (χ3v) is 6.65. The summed E-state index contributed by atoms with van der Waals surface area (Å²) in [4.78, 5) is 34.7. The quantitative estimate of drug-likeness (QED) is 0.562. The molecule has 0 aliphatic heterocycles. The molecule has 1 amide bonds. The van der Waals surface area contributed by atoms with E-state index in [4.69, 9.17) is 4.74 Å². The van der Waals surface area contributed by atoms with Crippen molar-refractivity contribution in [2.45, 2.75) is 58.4 Å². The summed E-state index contributed by atoms with van der Waals surface area (Å²) in [6.07, 6.45) is 6.21. The lowest BCUT2D eigenvalue weighted by atomic mass is 10.1. The number of carbonyl (C=O) groups is 1. The van der Waals surface area contributed by atoms with Crippen LogP contribution in [-0.4, -0.2) is 22.5 Å². The molecule has 1 aromatic carbocycles. The molecule has 0 saturated heterocycles. The van der Waals surface area contributed by atoms with Crippen molar-refractivity contribution in [2.24, 2.45) is 0 Å². The lowest BCUT2D eigenvalue weighted by Gasteiger charge is -2.11. The molecule has 0 bridgehead atoms. The van der Waals surface area contributed by atoms with Gasteiger partial charge in [-0.05, 0) is 44.2 Å². The molecule has 4 rings (SSSR count). The Kier molecular flexibility index (Phi) is 6.47. The smallest absolute Gasteiger partial charge is 0.259 e. The Labute approximate surface area is 179 Å². The highest BCUT2D eigenvalue weighted by Crippen LogP contribution is 2.32. The van der Waals surface area contributed by atoms with E-state index in [9.17, 15) is 9.59 Å². The van der Waals surface area contributed by atoms with Crippen molar-refractivity contribution in [3.63, 3.8) is 0 Å². The van der Waals surface area contributed by atoms with Crippen LogP contribution in [0.5, 0.6) is 5.75 Å². The summed E-state index contributed by atoms with van der Waals surface area (Å²) in [5, 5.41) is 3.69. The van der Waals surface area contributed by atoms with E-state index >= 15 is 0 Å². The summed E-state index contributed by atoms with van der Waals surface area (Å²) in [6, 6.07) is 7.69. The van der Waals surface area contributed by atoms with Crippen LogP contribution in [0.15, 0.2) is 29.1 Å². The van der Waals surface area contributed by atoms with Gasteiger partial charge in [-0.25, -0.2) is 4.98 Å². The first-order valence-corrected chi connectivity index (χ1v) is 11.5. The molecule has 158 valence electrons. The molecule has 0 saturated carbocycles. The van der Waals surface area contributed by atoms with Gasteiger partial charge in [0.05, 0.1) is 12.0 Å². The second kappa shape index (κ2) is 9.43. The molecule has 2 N–H and O–H groups in total. The number of rotatable bonds is 7. The maximum absolute atomic E-state index is 12.7. The van der Waals surface area contributed by atoms with Crippen molar-refractivity contribution in [2.75, 3.05) is 6.61 Å². The van der Waals surface area contributed by atoms with Gasteiger partial charge in [-0.15, -0.1) is 11.3 Å². The van der Waals surface area contributed by atoms with Gasteiger partial charge in [0.15, 0.2) is 0 Å². The van der Waals surface area contributed by atoms with Gasteiger partial charge in [-0.2, -0.15) is 0 Å². The number of H-pyrrole nitrogens is 1. The van der Waals surface area contributed by atoms with E-state index in [1.165, 1.54) is 23.3 Å². The number of nitrogens with zero attached hydrogens (tertiary/aromatic N) is 1. The van der Waals surface area contributed by atoms with Crippen LogP contribution in [-0.2, 0) is 30.6 Å². The van der Waals surface area contributed by atoms with E-state index in [1.807, 2.05) is 31.2 Å². The number of hydrogen-bond donors (Lipinski definition) is 2. The van der Waals surface area contributed by atoms with E-state index in [2.05, 4.69) is 15.3 Å². The number of benzene rings is 1. The minimum absolute atomic E-state index is 0.0690. The van der Waals surface area contributed by atoms with Crippen LogP contribution >= 0.6 is 11.3 Å². The average molecular weight is 426 g/mol. The Balaban J connectivity index is 1.40. The van der Waals surface area contributed by atoms with E-state index in [-0.39, 0.29) is 17.9 Å². The van der Waals surface area contributed by atoms with Gasteiger partial charge in [-0.1, -0.05) is 24.6 Å². The van der Waals surface area contributed by atoms with Crippen molar-refractivity contribution in [1.29, 1.82) is 0 Å². The minimum atomic E-state index is -0.0778. The molecule has 0 atom stereocenters. The number of nitrogens with one attached hydrogen (secondary N) is 2. The maximum atomic E-state index is 12.7. The molecule has 3 aromatic rings. The maximum Gasteiger partial charge on any atom is 0.259 e. The number of aromatic amines is 1. The van der Waals surface area contributed by atoms with Crippen molar-refractivity contribution < 1.29 is 9.53 Å². The van der Waals surface area contributed by atoms with Crippen molar-refractivity contribution in [1.82, 2.24) is 15.3 Å². The van der Waals surface area contributed by atoms with Gasteiger partial charge in [0, 0.05) is 29.8 Å². The Hall–Kier alpha value is -2.67. The lowest BCUT2D eigenvalue weighted by Crippen LogP contribution is -2.24. The first kappa shape index (κ1) is 20.6. The predicted octanol–water partition coefficient (Wildman–Crippen LogP) is 3.90. The molecule has 1 aliphatic carbocycles. The number of amides is 1. The zero-order chi connectivity index (χ0) is 20.9. The average Bonchev–Trinajstić information content (AvgIpc) is 2.93. The predicted molar refractivity (Wildman–Crippen MR) is 119 cm³/mol. The Morgan fingerprint density at radius 3 is 2.93 bits per heavy atom. The van der Waals surface area contributed by atoms with Crippen LogP contribution in [0.25, 0.3) is 10.2 Å². The standard InChI is InChI=1S/C23H27N3O3S/c1-2-29-17-10-7-6-8-15(17)14-24-20(27)13-12-19-25-22(28)21-16-9-4-3-5-11-18(16)30-23(21)26-19/h6-8,10H,2-5,9,11-14H2,1H3,(H,24,27)(H,25,26,28). The van der Waals surface area contributed by atoms with E-state index in [0.717, 1.165) is 40.8 Å². The van der Waals surface area contributed by atoms with E-state index < -0.39 is 0 Å². The molecule has 2 heterocycles. The summed E-state index contributed by atoms with van der Waals surface area (Å²) in [7, 11) is 0. The first-order chi connectivity index (χ1) is 14.7. The van der Waals surface area contributed by atoms with Gasteiger partial charge >= 0.3 is 0 Å². The van der Waals surface area contributed by atoms with Crippen LogP contribution < -0.4 is 15.6 Å². The molecule has 7 heteroatoms. The molecular weight excluding hydrogens is 398 g/mol. The summed E-state index contributed by atoms with van der Waals surface area (Å²) in [5.41, 5.74) is 2.07. The van der Waals surface area contributed by atoms with Gasteiger partial charge in [0.1, 0.15) is 16.4 Å². The normalized spacial score (nSPS) is 13.6. The zero-order valence-electron chi connectivity index (χ0n) is 17.3. The molecule has 6 nitrogen and oxygen atoms in total. The Morgan fingerprint density at radius 2 is 2.07 bits per heavy atom. The first-order valence-electron chi connectivity index (χ1n) is 10.7. The monoisotopic (exact) mass is 425 g/mol. The van der Waals surface area contributed by atoms with Crippen LogP contribution in [0, 0.1) is 0 Å². The SMILES string of the molecule is CCOc1ccccc1CNC(=O)CCc1nc2sc3c(c2c(=O)[nH]1)CCCCC3. The van der Waals surface area contributed by atoms with Crippen LogP contribution in [0.2, 0.25) is 0 Å². The largest absolute Gasteiger partial charge is 0.494 e. The zero-order valence-corrected chi connectivity index (χ0v) is 18.1. The summed E-state index contributed by atoms with van der Waals surface area (Å²) < 4.78 is 5.60. The Morgan fingerprint density at radius 1 is 1.23 bits per heavy atom. The molecular formula is C23H27N3O3S. The van der Waals surface area contributed by atoms with Crippen molar-refractivity contribution in [3.8, 4) is 5.75 Å². The topological polar surface area (TPSA) is 84.1 Å². The second-order valence-electron chi connectivity index (χ2n) is 7.57. The summed E-state index contributed by atoms with van der Waals surface area (Å²) in [5.74, 6) is 1.29. The number of hydrogen-bond acceptors (Lipinski definition) is 5. The molecule has 1 aliphatic rings. The number of aryl methyl sites for hydroxylation is 3. The third-order valence-electron chi connectivity index (χ3n) is 5.46. The highest BCUT2D eigenvalue weighted by atomic mass is 32.1. The van der Waals surface area contributed by atoms with E-state index in [0.29, 0.717) is 25.4 Å². The molecule has 2 aromatic heterocycles. The van der Waals surface area contributed by atoms with Crippen LogP contribution in [0.3, 0.4) is 0 Å². The summed E-state index contributed by atoms with van der Waals surface area (Å²) in [6.45, 7) is 2.93. The molecule has 30 heavy (non-hydrogen) atoms. The molecule has 0 fully saturated rings. The number of carbonyl (C=O) groups excluding carboxylic acids is 1. The number of aromatic nitrogens is 2. The van der Waals surface area contributed by atoms with Crippen LogP contribution in [0.4, 0.5) is 0 Å². The highest BCUT2D eigenvalue weighted by molar-refractivity contribution is 7.18. The number of para-hydroxylation sites is 1. The lowest BCUT2D eigenvalue weighted by molar-refractivity contribution is -0.121. The molecule has 0 unspecified atom stereocenters. The van der Waals surface area contributed by atoms with Crippen molar-refractivity contribution >= 4 is 27.5 Å². The number of ether oxygens (including phenoxy) is 1. The Bertz CT molecular complexity index is 1100. The molecule has 0 radical (unpaired) electrons.